The molecular weight excluding hydrogens is 342 g/mol. The van der Waals surface area contributed by atoms with Crippen molar-refractivity contribution >= 4 is 28.3 Å². The van der Waals surface area contributed by atoms with Gasteiger partial charge in [-0.3, -0.25) is 4.79 Å². The maximum absolute atomic E-state index is 12.6. The fourth-order valence-electron chi connectivity index (χ4n) is 2.69. The first-order valence-corrected chi connectivity index (χ1v) is 9.27. The van der Waals surface area contributed by atoms with Gasteiger partial charge in [0.15, 0.2) is 5.76 Å². The number of hydrogen-bond acceptors (Lipinski definition) is 5. The minimum atomic E-state index is -3.30. The number of nitrogens with two attached hydrogens (primary N) is 1. The van der Waals surface area contributed by atoms with Crippen LogP contribution in [0.15, 0.2) is 16.5 Å². The van der Waals surface area contributed by atoms with Crippen LogP contribution in [-0.2, 0) is 16.6 Å². The second-order valence-electron chi connectivity index (χ2n) is 5.78. The quantitative estimate of drug-likeness (QED) is 0.812. The van der Waals surface area contributed by atoms with E-state index in [4.69, 9.17) is 10.2 Å². The van der Waals surface area contributed by atoms with Gasteiger partial charge in [0.05, 0.1) is 12.8 Å². The molecule has 1 fully saturated rings. The highest BCUT2D eigenvalue weighted by molar-refractivity contribution is 7.88. The van der Waals surface area contributed by atoms with Crippen molar-refractivity contribution in [3.63, 3.8) is 0 Å². The molecule has 2 rings (SSSR count). The van der Waals surface area contributed by atoms with Gasteiger partial charge in [-0.2, -0.15) is 0 Å². The minimum Gasteiger partial charge on any atom is -0.455 e. The van der Waals surface area contributed by atoms with E-state index in [9.17, 15) is 13.2 Å². The Morgan fingerprint density at radius 3 is 2.78 bits per heavy atom. The number of carbonyl (C=O) groups is 1. The van der Waals surface area contributed by atoms with Gasteiger partial charge in [0.1, 0.15) is 5.76 Å². The second-order valence-corrected chi connectivity index (χ2v) is 7.61. The Hall–Kier alpha value is -1.09. The van der Waals surface area contributed by atoms with Gasteiger partial charge >= 0.3 is 0 Å². The van der Waals surface area contributed by atoms with Crippen molar-refractivity contribution < 1.29 is 17.6 Å². The Bertz CT molecular complexity index is 630. The van der Waals surface area contributed by atoms with E-state index in [-0.39, 0.29) is 42.7 Å². The predicted octanol–water partition coefficient (Wildman–Crippen LogP) is 1.09. The molecule has 1 aromatic rings. The molecule has 1 saturated heterocycles. The molecule has 0 bridgehead atoms. The molecule has 1 amide bonds. The van der Waals surface area contributed by atoms with Crippen molar-refractivity contribution in [2.75, 3.05) is 12.8 Å². The highest BCUT2D eigenvalue weighted by Crippen LogP contribution is 2.22. The van der Waals surface area contributed by atoms with Crippen LogP contribution >= 0.6 is 12.4 Å². The van der Waals surface area contributed by atoms with Crippen LogP contribution in [0.4, 0.5) is 0 Å². The summed E-state index contributed by atoms with van der Waals surface area (Å²) < 4.78 is 29.9. The van der Waals surface area contributed by atoms with Crippen LogP contribution in [0, 0.1) is 0 Å². The molecule has 0 saturated carbocycles. The Morgan fingerprint density at radius 1 is 1.48 bits per heavy atom. The fourth-order valence-corrected chi connectivity index (χ4v) is 3.09. The number of halogens is 1. The number of nitrogens with one attached hydrogen (secondary N) is 1. The van der Waals surface area contributed by atoms with E-state index in [1.54, 1.807) is 17.0 Å². The molecule has 1 aromatic heterocycles. The lowest BCUT2D eigenvalue weighted by Crippen LogP contribution is -2.51. The smallest absolute Gasteiger partial charge is 0.289 e. The van der Waals surface area contributed by atoms with E-state index in [0.717, 1.165) is 25.5 Å². The summed E-state index contributed by atoms with van der Waals surface area (Å²) in [5.41, 5.74) is 5.97. The number of carbonyl (C=O) groups excluding carboxylic acids is 1. The van der Waals surface area contributed by atoms with Crippen LogP contribution < -0.4 is 10.5 Å². The highest BCUT2D eigenvalue weighted by Gasteiger charge is 2.31. The van der Waals surface area contributed by atoms with Gasteiger partial charge < -0.3 is 15.1 Å². The summed E-state index contributed by atoms with van der Waals surface area (Å²) in [5.74, 6) is 0.439. The molecule has 0 spiro atoms. The van der Waals surface area contributed by atoms with Gasteiger partial charge in [-0.15, -0.1) is 12.4 Å². The number of sulfonamides is 1. The predicted molar refractivity (Wildman–Crippen MR) is 90.0 cm³/mol. The first kappa shape index (κ1) is 20.0. The lowest BCUT2D eigenvalue weighted by Gasteiger charge is -2.37. The summed E-state index contributed by atoms with van der Waals surface area (Å²) in [6, 6.07) is 3.11. The molecule has 2 atom stereocenters. The maximum Gasteiger partial charge on any atom is 0.289 e. The summed E-state index contributed by atoms with van der Waals surface area (Å²) in [6.07, 6.45) is 3.99. The zero-order chi connectivity index (χ0) is 16.3. The molecule has 2 heterocycles. The molecule has 0 radical (unpaired) electrons. The van der Waals surface area contributed by atoms with E-state index >= 15 is 0 Å². The standard InChI is InChI=1S/C14H23N3O4S.ClH/c1-10(15)12-5-3-4-8-17(12)14(18)13-7-6-11(21-13)9-16-22(2,19)20;/h6-7,10,12,16H,3-5,8-9,15H2,1-2H3;1H. The molecule has 132 valence electrons. The third-order valence-corrected chi connectivity index (χ3v) is 4.47. The van der Waals surface area contributed by atoms with Gasteiger partial charge in [0, 0.05) is 18.6 Å². The lowest BCUT2D eigenvalue weighted by atomic mass is 9.96. The third kappa shape index (κ3) is 5.49. The third-order valence-electron chi connectivity index (χ3n) is 3.80. The number of piperidine rings is 1. The Labute approximate surface area is 143 Å². The maximum atomic E-state index is 12.6. The zero-order valence-electron chi connectivity index (χ0n) is 13.3. The fraction of sp³-hybridized carbons (Fsp3) is 0.643. The molecule has 23 heavy (non-hydrogen) atoms. The molecule has 0 aromatic carbocycles. The van der Waals surface area contributed by atoms with Crippen molar-refractivity contribution in [1.82, 2.24) is 9.62 Å². The average molecular weight is 366 g/mol. The molecule has 1 aliphatic heterocycles. The molecular formula is C14H24ClN3O4S. The van der Waals surface area contributed by atoms with Crippen molar-refractivity contribution in [1.29, 1.82) is 0 Å². The number of rotatable bonds is 5. The van der Waals surface area contributed by atoms with E-state index < -0.39 is 10.0 Å². The van der Waals surface area contributed by atoms with Gasteiger partial charge in [-0.1, -0.05) is 0 Å². The minimum absolute atomic E-state index is 0. The van der Waals surface area contributed by atoms with Gasteiger partial charge in [0.2, 0.25) is 10.0 Å². The molecule has 1 aliphatic rings. The number of furan rings is 1. The number of amides is 1. The van der Waals surface area contributed by atoms with Crippen molar-refractivity contribution in [3.8, 4) is 0 Å². The van der Waals surface area contributed by atoms with E-state index in [0.29, 0.717) is 12.3 Å². The summed E-state index contributed by atoms with van der Waals surface area (Å²) in [7, 11) is -3.30. The van der Waals surface area contributed by atoms with Crippen LogP contribution in [0.1, 0.15) is 42.5 Å². The largest absolute Gasteiger partial charge is 0.455 e. The van der Waals surface area contributed by atoms with Crippen LogP contribution in [0.3, 0.4) is 0 Å². The SMILES string of the molecule is CC(N)C1CCCCN1C(=O)c1ccc(CNS(C)(=O)=O)o1.Cl. The van der Waals surface area contributed by atoms with Gasteiger partial charge in [0.25, 0.3) is 5.91 Å². The monoisotopic (exact) mass is 365 g/mol. The van der Waals surface area contributed by atoms with Crippen molar-refractivity contribution in [2.24, 2.45) is 5.73 Å². The average Bonchev–Trinajstić information content (AvgIpc) is 2.92. The molecule has 0 aliphatic carbocycles. The normalized spacial score (nSPS) is 20.0. The Morgan fingerprint density at radius 2 is 2.17 bits per heavy atom. The van der Waals surface area contributed by atoms with E-state index in [2.05, 4.69) is 4.72 Å². The number of hydrogen-bond donors (Lipinski definition) is 2. The zero-order valence-corrected chi connectivity index (χ0v) is 15.0. The molecule has 2 unspecified atom stereocenters. The van der Waals surface area contributed by atoms with Crippen LogP contribution in [0.2, 0.25) is 0 Å². The van der Waals surface area contributed by atoms with Crippen LogP contribution in [0.25, 0.3) is 0 Å². The second kappa shape index (κ2) is 8.14. The number of nitrogens with zero attached hydrogens (tertiary/aromatic N) is 1. The lowest BCUT2D eigenvalue weighted by molar-refractivity contribution is 0.0550. The molecule has 9 heteroatoms. The highest BCUT2D eigenvalue weighted by atomic mass is 35.5. The molecule has 3 N–H and O–H groups in total. The summed E-state index contributed by atoms with van der Waals surface area (Å²) >= 11 is 0. The van der Waals surface area contributed by atoms with Gasteiger partial charge in [-0.25, -0.2) is 13.1 Å². The molecule has 7 nitrogen and oxygen atoms in total. The topological polar surface area (TPSA) is 106 Å². The Balaban J connectivity index is 0.00000264. The van der Waals surface area contributed by atoms with Crippen molar-refractivity contribution in [3.05, 3.63) is 23.7 Å². The number of likely N-dealkylation sites (tertiary alicyclic amines) is 1. The van der Waals surface area contributed by atoms with Crippen LogP contribution in [0.5, 0.6) is 0 Å². The van der Waals surface area contributed by atoms with Crippen LogP contribution in [-0.4, -0.2) is 44.1 Å². The first-order chi connectivity index (χ1) is 10.3. The Kier molecular flexibility index (Phi) is 7.06. The van der Waals surface area contributed by atoms with Gasteiger partial charge in [-0.05, 0) is 38.3 Å². The summed E-state index contributed by atoms with van der Waals surface area (Å²) in [4.78, 5) is 14.3. The van der Waals surface area contributed by atoms with Crippen molar-refractivity contribution in [2.45, 2.75) is 44.8 Å². The van der Waals surface area contributed by atoms with E-state index in [1.807, 2.05) is 6.92 Å². The first-order valence-electron chi connectivity index (χ1n) is 7.38. The summed E-state index contributed by atoms with van der Waals surface area (Å²) in [5, 5.41) is 0. The summed E-state index contributed by atoms with van der Waals surface area (Å²) in [6.45, 7) is 2.60. The van der Waals surface area contributed by atoms with E-state index in [1.165, 1.54) is 0 Å².